The van der Waals surface area contributed by atoms with Crippen LogP contribution in [0.25, 0.3) is 0 Å². The second-order valence-corrected chi connectivity index (χ2v) is 16.2. The summed E-state index contributed by atoms with van der Waals surface area (Å²) in [6.07, 6.45) is -39.1. The predicted molar refractivity (Wildman–Crippen MR) is 201 cm³/mol. The van der Waals surface area contributed by atoms with E-state index >= 15 is 0 Å². The van der Waals surface area contributed by atoms with Crippen LogP contribution in [0.3, 0.4) is 0 Å². The second-order valence-electron chi connectivity index (χ2n) is 16.2. The van der Waals surface area contributed by atoms with Crippen LogP contribution in [-0.2, 0) is 57.0 Å². The maximum atomic E-state index is 12.4. The number of aliphatic hydroxyl groups excluding tert-OH is 14. The number of hydrogen-bond acceptors (Lipinski definition) is 26. The van der Waals surface area contributed by atoms with Crippen LogP contribution in [0.2, 0.25) is 0 Å². The maximum Gasteiger partial charge on any atom is 0.217 e. The molecule has 5 aliphatic heterocycles. The molecule has 376 valence electrons. The van der Waals surface area contributed by atoms with Crippen LogP contribution in [0.4, 0.5) is 0 Å². The number of ether oxygens (including phenoxy) is 9. The molecule has 0 radical (unpaired) electrons. The van der Waals surface area contributed by atoms with Crippen LogP contribution < -0.4 is 16.0 Å². The molecular formula is C36H61N3O26. The molecule has 0 aliphatic carbocycles. The lowest BCUT2D eigenvalue weighted by Gasteiger charge is -2.49. The molecule has 0 aromatic heterocycles. The fraction of sp³-hybridized carbons (Fsp3) is 0.917. The molecule has 0 aromatic carbocycles. The third kappa shape index (κ3) is 12.0. The molecule has 5 rings (SSSR count). The minimum Gasteiger partial charge on any atom is -0.394 e. The van der Waals surface area contributed by atoms with Crippen molar-refractivity contribution in [3.05, 3.63) is 0 Å². The van der Waals surface area contributed by atoms with E-state index in [0.29, 0.717) is 0 Å². The van der Waals surface area contributed by atoms with Gasteiger partial charge in [-0.15, -0.1) is 0 Å². The average Bonchev–Trinajstić information content (AvgIpc) is 3.26. The van der Waals surface area contributed by atoms with Gasteiger partial charge in [-0.3, -0.25) is 14.4 Å². The van der Waals surface area contributed by atoms with Crippen LogP contribution in [0.5, 0.6) is 0 Å². The first kappa shape index (κ1) is 53.4. The summed E-state index contributed by atoms with van der Waals surface area (Å²) in [5.41, 5.74) is 0. The van der Waals surface area contributed by atoms with Crippen molar-refractivity contribution >= 4 is 17.7 Å². The zero-order valence-corrected chi connectivity index (χ0v) is 35.1. The van der Waals surface area contributed by atoms with Gasteiger partial charge in [0.15, 0.2) is 31.5 Å². The van der Waals surface area contributed by atoms with Gasteiger partial charge in [0.25, 0.3) is 0 Å². The summed E-state index contributed by atoms with van der Waals surface area (Å²) < 4.78 is 51.1. The molecule has 5 fully saturated rings. The van der Waals surface area contributed by atoms with Crippen molar-refractivity contribution in [3.63, 3.8) is 0 Å². The van der Waals surface area contributed by atoms with Crippen LogP contribution in [0.15, 0.2) is 0 Å². The van der Waals surface area contributed by atoms with Crippen molar-refractivity contribution in [3.8, 4) is 0 Å². The Hall–Kier alpha value is -2.51. The molecule has 5 heterocycles. The number of carbonyl (C=O) groups excluding carboxylic acids is 3. The molecule has 0 saturated carbocycles. The SMILES string of the molecule is CC(=O)N[C@H]1[C@H](OC[C@H]2OC(O)[C@H](NC(C)=O)[C@@H](O[C@@H]3O[C@H](CO)[C@H](O)[C@H](O)[C@H]3O)[C@H]2O)O[C@H](CO)[C@@H](O[C@@H]2O[C@H](CO)[C@H](O[C@H]3O[C@H](CO)[C@@H](O)[C@H](O)[C@H]3NC(C)=O)[C@H](O)[C@H]2O)[C@@H]1O. The summed E-state index contributed by atoms with van der Waals surface area (Å²) in [5, 5.41) is 155. The van der Waals surface area contributed by atoms with Crippen LogP contribution in [0, 0.1) is 0 Å². The highest BCUT2D eigenvalue weighted by atomic mass is 16.8. The molecule has 17 N–H and O–H groups in total. The fourth-order valence-electron chi connectivity index (χ4n) is 8.14. The van der Waals surface area contributed by atoms with E-state index in [1.165, 1.54) is 0 Å². The topological polar surface area (TPSA) is 454 Å². The molecule has 5 aliphatic rings. The quantitative estimate of drug-likeness (QED) is 0.0683. The van der Waals surface area contributed by atoms with Crippen molar-refractivity contribution < 1.29 is 129 Å². The van der Waals surface area contributed by atoms with Crippen molar-refractivity contribution in [2.75, 3.05) is 33.0 Å². The minimum atomic E-state index is -2.09. The van der Waals surface area contributed by atoms with Crippen LogP contribution >= 0.6 is 0 Å². The molecule has 65 heavy (non-hydrogen) atoms. The van der Waals surface area contributed by atoms with E-state index in [4.69, 9.17) is 42.6 Å². The molecule has 29 nitrogen and oxygen atoms in total. The highest BCUT2D eigenvalue weighted by molar-refractivity contribution is 5.74. The van der Waals surface area contributed by atoms with Gasteiger partial charge in [-0.25, -0.2) is 0 Å². The summed E-state index contributed by atoms with van der Waals surface area (Å²) in [7, 11) is 0. The van der Waals surface area contributed by atoms with Gasteiger partial charge in [-0.1, -0.05) is 0 Å². The van der Waals surface area contributed by atoms with Crippen LogP contribution in [0.1, 0.15) is 20.8 Å². The fourth-order valence-corrected chi connectivity index (χ4v) is 8.14. The highest BCUT2D eigenvalue weighted by Crippen LogP contribution is 2.34. The molecule has 29 heteroatoms. The van der Waals surface area contributed by atoms with E-state index in [9.17, 15) is 85.9 Å². The Morgan fingerprint density at radius 3 is 1.32 bits per heavy atom. The molecule has 0 bridgehead atoms. The number of amides is 3. The van der Waals surface area contributed by atoms with E-state index in [-0.39, 0.29) is 0 Å². The van der Waals surface area contributed by atoms with E-state index < -0.39 is 204 Å². The Kier molecular flexibility index (Phi) is 19.1. The minimum absolute atomic E-state index is 0.700. The third-order valence-electron chi connectivity index (χ3n) is 11.5. The third-order valence-corrected chi connectivity index (χ3v) is 11.5. The zero-order valence-electron chi connectivity index (χ0n) is 35.1. The number of nitrogens with one attached hydrogen (secondary N) is 3. The van der Waals surface area contributed by atoms with Gasteiger partial charge in [0.2, 0.25) is 17.7 Å². The van der Waals surface area contributed by atoms with Gasteiger partial charge in [0.1, 0.15) is 122 Å². The molecule has 1 unspecified atom stereocenters. The van der Waals surface area contributed by atoms with E-state index in [0.717, 1.165) is 20.8 Å². The lowest BCUT2D eigenvalue weighted by Crippen LogP contribution is -2.69. The van der Waals surface area contributed by atoms with Gasteiger partial charge < -0.3 is 130 Å². The summed E-state index contributed by atoms with van der Waals surface area (Å²) in [6, 6.07) is -4.66. The number of aliphatic hydroxyl groups is 14. The lowest BCUT2D eigenvalue weighted by atomic mass is 9.94. The van der Waals surface area contributed by atoms with E-state index in [1.807, 2.05) is 0 Å². The highest BCUT2D eigenvalue weighted by Gasteiger charge is 2.56. The molecule has 3 amide bonds. The van der Waals surface area contributed by atoms with Gasteiger partial charge >= 0.3 is 0 Å². The normalized spacial score (nSPS) is 47.1. The van der Waals surface area contributed by atoms with E-state index in [2.05, 4.69) is 16.0 Å². The first-order chi connectivity index (χ1) is 30.7. The Labute approximate surface area is 369 Å². The average molecular weight is 952 g/mol. The first-order valence-corrected chi connectivity index (χ1v) is 20.6. The largest absolute Gasteiger partial charge is 0.394 e. The second kappa shape index (κ2) is 23.2. The summed E-state index contributed by atoms with van der Waals surface area (Å²) in [6.45, 7) is -1.11. The molecule has 0 spiro atoms. The van der Waals surface area contributed by atoms with Crippen molar-refractivity contribution in [1.82, 2.24) is 16.0 Å². The number of carbonyl (C=O) groups is 3. The van der Waals surface area contributed by atoms with Crippen LogP contribution in [-0.4, -0.2) is 276 Å². The Morgan fingerprint density at radius 1 is 0.400 bits per heavy atom. The summed E-state index contributed by atoms with van der Waals surface area (Å²) in [5.74, 6) is -2.20. The van der Waals surface area contributed by atoms with Crippen molar-refractivity contribution in [2.45, 2.75) is 174 Å². The number of rotatable bonds is 16. The molecule has 0 aromatic rings. The maximum absolute atomic E-state index is 12.4. The summed E-state index contributed by atoms with van der Waals surface area (Å²) in [4.78, 5) is 36.3. The zero-order chi connectivity index (χ0) is 48.2. The van der Waals surface area contributed by atoms with Gasteiger partial charge in [0.05, 0.1) is 33.0 Å². The lowest BCUT2D eigenvalue weighted by molar-refractivity contribution is -0.370. The molecular weight excluding hydrogens is 890 g/mol. The molecule has 5 saturated heterocycles. The van der Waals surface area contributed by atoms with Crippen molar-refractivity contribution in [2.24, 2.45) is 0 Å². The summed E-state index contributed by atoms with van der Waals surface area (Å²) >= 11 is 0. The van der Waals surface area contributed by atoms with E-state index in [1.54, 1.807) is 0 Å². The Morgan fingerprint density at radius 2 is 0.800 bits per heavy atom. The molecule has 25 atom stereocenters. The Balaban J connectivity index is 1.30. The first-order valence-electron chi connectivity index (χ1n) is 20.6. The number of hydrogen-bond donors (Lipinski definition) is 17. The smallest absolute Gasteiger partial charge is 0.217 e. The Bertz CT molecular complexity index is 1550. The monoisotopic (exact) mass is 951 g/mol. The van der Waals surface area contributed by atoms with Gasteiger partial charge in [-0.2, -0.15) is 0 Å². The standard InChI is InChI=1S/C36H61N3O26/c1-9(44)37-17-23(50)20(47)12(4-40)59-34(17)63-30-15(7-43)62-36(28(55)26(30)53)64-29-14(6-42)61-33(18(24(29)51)38-10(2)45)57-8-16-22(49)31(19(32(56)58-16)39-11(3)46)65-35-27(54)25(52)21(48)13(5-41)60-35/h12-36,40-43,47-56H,4-8H2,1-3H3,(H,37,44)(H,38,45)(H,39,46)/t12-,13-,14-,15-,16-,17-,18-,19-,20-,21+,22+,23-,24-,25+,26-,27-,28-,29-,30+,31-,32?,33-,34-,35+,36+/m1/s1. The van der Waals surface area contributed by atoms with Gasteiger partial charge in [0, 0.05) is 20.8 Å². The van der Waals surface area contributed by atoms with Gasteiger partial charge in [-0.05, 0) is 0 Å². The van der Waals surface area contributed by atoms with Crippen molar-refractivity contribution in [1.29, 1.82) is 0 Å². The predicted octanol–water partition coefficient (Wildman–Crippen LogP) is -11.5.